The summed E-state index contributed by atoms with van der Waals surface area (Å²) in [6.07, 6.45) is 6.59. The number of carbonyl (C=O) groups excluding carboxylic acids is 1. The van der Waals surface area contributed by atoms with Crippen molar-refractivity contribution in [1.29, 1.82) is 0 Å². The summed E-state index contributed by atoms with van der Waals surface area (Å²) in [6.45, 7) is 0. The lowest BCUT2D eigenvalue weighted by atomic mass is 10.2. The van der Waals surface area contributed by atoms with E-state index < -0.39 is 5.97 Å². The Labute approximate surface area is 132 Å². The molecule has 7 nitrogen and oxygen atoms in total. The lowest BCUT2D eigenvalue weighted by molar-refractivity contribution is 0.0601. The molecule has 0 bridgehead atoms. The van der Waals surface area contributed by atoms with Crippen LogP contribution in [0.3, 0.4) is 0 Å². The Morgan fingerprint density at radius 3 is 2.48 bits per heavy atom. The van der Waals surface area contributed by atoms with Crippen molar-refractivity contribution in [3.05, 3.63) is 60.7 Å². The van der Waals surface area contributed by atoms with Gasteiger partial charge in [0.25, 0.3) is 0 Å². The SMILES string of the molecule is COC(=O)c1cccc(Nc2ncc(-c3ncccn3)cn2)c1. The lowest BCUT2D eigenvalue weighted by Crippen LogP contribution is -2.03. The van der Waals surface area contributed by atoms with Crippen molar-refractivity contribution in [3.63, 3.8) is 0 Å². The molecule has 0 aliphatic rings. The molecule has 3 rings (SSSR count). The number of nitrogens with zero attached hydrogens (tertiary/aromatic N) is 4. The number of esters is 1. The van der Waals surface area contributed by atoms with Gasteiger partial charge in [-0.2, -0.15) is 0 Å². The summed E-state index contributed by atoms with van der Waals surface area (Å²) >= 11 is 0. The van der Waals surface area contributed by atoms with Crippen LogP contribution >= 0.6 is 0 Å². The molecule has 0 fully saturated rings. The van der Waals surface area contributed by atoms with Crippen LogP contribution in [0.25, 0.3) is 11.4 Å². The molecule has 0 unspecified atom stereocenters. The molecule has 7 heteroatoms. The van der Waals surface area contributed by atoms with Crippen molar-refractivity contribution in [2.24, 2.45) is 0 Å². The third-order valence-corrected chi connectivity index (χ3v) is 3.02. The van der Waals surface area contributed by atoms with E-state index in [2.05, 4.69) is 25.3 Å². The van der Waals surface area contributed by atoms with Gasteiger partial charge >= 0.3 is 5.97 Å². The van der Waals surface area contributed by atoms with Gasteiger partial charge in [0, 0.05) is 30.5 Å². The summed E-state index contributed by atoms with van der Waals surface area (Å²) < 4.78 is 4.69. The van der Waals surface area contributed by atoms with E-state index in [1.54, 1.807) is 49.1 Å². The molecule has 0 saturated carbocycles. The summed E-state index contributed by atoms with van der Waals surface area (Å²) in [5.74, 6) is 0.574. The van der Waals surface area contributed by atoms with E-state index >= 15 is 0 Å². The molecule has 0 aliphatic carbocycles. The first kappa shape index (κ1) is 14.6. The number of benzene rings is 1. The van der Waals surface area contributed by atoms with E-state index in [1.165, 1.54) is 7.11 Å². The second-order valence-corrected chi connectivity index (χ2v) is 4.57. The highest BCUT2D eigenvalue weighted by Gasteiger charge is 2.07. The number of ether oxygens (including phenoxy) is 1. The average molecular weight is 307 g/mol. The van der Waals surface area contributed by atoms with E-state index in [9.17, 15) is 4.79 Å². The summed E-state index contributed by atoms with van der Waals surface area (Å²) in [5.41, 5.74) is 1.86. The first-order valence-corrected chi connectivity index (χ1v) is 6.81. The minimum absolute atomic E-state index is 0.397. The first-order chi connectivity index (χ1) is 11.3. The second-order valence-electron chi connectivity index (χ2n) is 4.57. The zero-order valence-electron chi connectivity index (χ0n) is 12.3. The van der Waals surface area contributed by atoms with Crippen molar-refractivity contribution in [1.82, 2.24) is 19.9 Å². The third-order valence-electron chi connectivity index (χ3n) is 3.02. The molecular formula is C16H13N5O2. The fourth-order valence-electron chi connectivity index (χ4n) is 1.93. The van der Waals surface area contributed by atoms with Gasteiger partial charge in [-0.1, -0.05) is 6.07 Å². The van der Waals surface area contributed by atoms with Crippen molar-refractivity contribution < 1.29 is 9.53 Å². The van der Waals surface area contributed by atoms with Crippen LogP contribution in [0.1, 0.15) is 10.4 Å². The van der Waals surface area contributed by atoms with Crippen LogP contribution < -0.4 is 5.32 Å². The van der Waals surface area contributed by atoms with Crippen LogP contribution in [0.2, 0.25) is 0 Å². The maximum atomic E-state index is 11.5. The maximum Gasteiger partial charge on any atom is 0.337 e. The predicted octanol–water partition coefficient (Wildman–Crippen LogP) is 2.46. The van der Waals surface area contributed by atoms with E-state index in [0.29, 0.717) is 23.0 Å². The molecule has 2 heterocycles. The van der Waals surface area contributed by atoms with Crippen LogP contribution in [-0.2, 0) is 4.74 Å². The van der Waals surface area contributed by atoms with Crippen molar-refractivity contribution in [2.75, 3.05) is 12.4 Å². The van der Waals surface area contributed by atoms with Crippen LogP contribution in [0, 0.1) is 0 Å². The van der Waals surface area contributed by atoms with Crippen LogP contribution in [0.4, 0.5) is 11.6 Å². The minimum atomic E-state index is -0.397. The van der Waals surface area contributed by atoms with Gasteiger partial charge in [-0.15, -0.1) is 0 Å². The number of hydrogen-bond acceptors (Lipinski definition) is 7. The molecule has 3 aromatic rings. The van der Waals surface area contributed by atoms with Crippen LogP contribution in [0.5, 0.6) is 0 Å². The zero-order chi connectivity index (χ0) is 16.1. The molecule has 0 saturated heterocycles. The van der Waals surface area contributed by atoms with Gasteiger partial charge in [0.05, 0.1) is 18.2 Å². The fraction of sp³-hybridized carbons (Fsp3) is 0.0625. The molecule has 0 aliphatic heterocycles. The van der Waals surface area contributed by atoms with E-state index in [0.717, 1.165) is 5.56 Å². The molecule has 1 aromatic carbocycles. The van der Waals surface area contributed by atoms with E-state index in [1.807, 2.05) is 6.07 Å². The van der Waals surface area contributed by atoms with E-state index in [-0.39, 0.29) is 0 Å². The Kier molecular flexibility index (Phi) is 4.19. The first-order valence-electron chi connectivity index (χ1n) is 6.81. The topological polar surface area (TPSA) is 89.9 Å². The molecule has 114 valence electrons. The number of hydrogen-bond donors (Lipinski definition) is 1. The molecular weight excluding hydrogens is 294 g/mol. The molecule has 2 aromatic heterocycles. The fourth-order valence-corrected chi connectivity index (χ4v) is 1.93. The third kappa shape index (κ3) is 3.46. The molecule has 1 N–H and O–H groups in total. The standard InChI is InChI=1S/C16H13N5O2/c1-23-15(22)11-4-2-5-13(8-11)21-16-19-9-12(10-20-16)14-17-6-3-7-18-14/h2-10H,1H3,(H,19,20,21). The van der Waals surface area contributed by atoms with Crippen LogP contribution in [-0.4, -0.2) is 33.0 Å². The molecule has 0 amide bonds. The number of methoxy groups -OCH3 is 1. The van der Waals surface area contributed by atoms with Gasteiger partial charge in [-0.3, -0.25) is 0 Å². The largest absolute Gasteiger partial charge is 0.465 e. The van der Waals surface area contributed by atoms with Crippen LogP contribution in [0.15, 0.2) is 55.1 Å². The Morgan fingerprint density at radius 2 is 1.78 bits per heavy atom. The van der Waals surface area contributed by atoms with Crippen molar-refractivity contribution in [2.45, 2.75) is 0 Å². The summed E-state index contributed by atoms with van der Waals surface area (Å²) in [7, 11) is 1.34. The highest BCUT2D eigenvalue weighted by atomic mass is 16.5. The zero-order valence-corrected chi connectivity index (χ0v) is 12.3. The Balaban J connectivity index is 1.77. The summed E-state index contributed by atoms with van der Waals surface area (Å²) in [5, 5.41) is 3.03. The molecule has 0 atom stereocenters. The average Bonchev–Trinajstić information content (AvgIpc) is 2.62. The van der Waals surface area contributed by atoms with Gasteiger partial charge in [0.2, 0.25) is 5.95 Å². The molecule has 23 heavy (non-hydrogen) atoms. The second kappa shape index (κ2) is 6.61. The van der Waals surface area contributed by atoms with Gasteiger partial charge in [-0.25, -0.2) is 24.7 Å². The van der Waals surface area contributed by atoms with Gasteiger partial charge in [0.1, 0.15) is 0 Å². The van der Waals surface area contributed by atoms with Crippen molar-refractivity contribution >= 4 is 17.6 Å². The number of nitrogens with one attached hydrogen (secondary N) is 1. The Hall–Kier alpha value is -3.35. The lowest BCUT2D eigenvalue weighted by Gasteiger charge is -2.06. The minimum Gasteiger partial charge on any atom is -0.465 e. The number of rotatable bonds is 4. The summed E-state index contributed by atoms with van der Waals surface area (Å²) in [4.78, 5) is 28.3. The van der Waals surface area contributed by atoms with Crippen molar-refractivity contribution in [3.8, 4) is 11.4 Å². The highest BCUT2D eigenvalue weighted by Crippen LogP contribution is 2.17. The highest BCUT2D eigenvalue weighted by molar-refractivity contribution is 5.90. The number of aromatic nitrogens is 4. The van der Waals surface area contributed by atoms with Gasteiger partial charge in [-0.05, 0) is 24.3 Å². The predicted molar refractivity (Wildman–Crippen MR) is 84.1 cm³/mol. The maximum absolute atomic E-state index is 11.5. The van der Waals surface area contributed by atoms with E-state index in [4.69, 9.17) is 4.74 Å². The monoisotopic (exact) mass is 307 g/mol. The number of carbonyl (C=O) groups is 1. The Bertz CT molecular complexity index is 806. The molecule has 0 radical (unpaired) electrons. The quantitative estimate of drug-likeness (QED) is 0.740. The normalized spacial score (nSPS) is 10.1. The molecule has 0 spiro atoms. The Morgan fingerprint density at radius 1 is 1.04 bits per heavy atom. The smallest absolute Gasteiger partial charge is 0.337 e. The van der Waals surface area contributed by atoms with Gasteiger partial charge in [0.15, 0.2) is 5.82 Å². The number of anilines is 2. The van der Waals surface area contributed by atoms with Gasteiger partial charge < -0.3 is 10.1 Å². The summed E-state index contributed by atoms with van der Waals surface area (Å²) in [6, 6.07) is 8.65.